The number of anilines is 1. The first-order chi connectivity index (χ1) is 16.6. The van der Waals surface area contributed by atoms with Crippen LogP contribution in [0.4, 0.5) is 5.13 Å². The first-order valence-electron chi connectivity index (χ1n) is 11.1. The van der Waals surface area contributed by atoms with Crippen molar-refractivity contribution in [2.24, 2.45) is 0 Å². The highest BCUT2D eigenvalue weighted by atomic mass is 35.5. The number of benzene rings is 2. The fourth-order valence-electron chi connectivity index (χ4n) is 3.83. The molecule has 7 nitrogen and oxygen atoms in total. The van der Waals surface area contributed by atoms with Crippen LogP contribution < -0.4 is 5.32 Å². The number of hydrogen-bond donors (Lipinski definition) is 2. The quantitative estimate of drug-likeness (QED) is 0.402. The van der Waals surface area contributed by atoms with E-state index in [0.717, 1.165) is 21.7 Å². The van der Waals surface area contributed by atoms with Crippen molar-refractivity contribution in [3.05, 3.63) is 74.2 Å². The molecule has 3 aromatic rings. The second-order valence-corrected chi connectivity index (χ2v) is 12.5. The molecule has 35 heavy (non-hydrogen) atoms. The van der Waals surface area contributed by atoms with Gasteiger partial charge in [-0.25, -0.2) is 13.4 Å². The summed E-state index contributed by atoms with van der Waals surface area (Å²) in [4.78, 5) is 20.5. The third kappa shape index (κ3) is 6.34. The molecule has 1 atom stereocenters. The number of nitrogens with zero attached hydrogens (tertiary/aromatic N) is 2. The van der Waals surface area contributed by atoms with Gasteiger partial charge in [-0.2, -0.15) is 0 Å². The Morgan fingerprint density at radius 3 is 2.66 bits per heavy atom. The number of aliphatic hydroxyl groups is 1. The van der Waals surface area contributed by atoms with Gasteiger partial charge >= 0.3 is 0 Å². The molecule has 0 bridgehead atoms. The topological polar surface area (TPSA) is 99.6 Å². The number of aliphatic hydroxyl groups excluding tert-OH is 1. The largest absolute Gasteiger partial charge is 0.373 e. The number of hydrogen-bond acceptors (Lipinski definition) is 7. The van der Waals surface area contributed by atoms with Gasteiger partial charge in [0.1, 0.15) is 6.23 Å². The number of rotatable bonds is 8. The molecule has 4 rings (SSSR count). The van der Waals surface area contributed by atoms with Crippen LogP contribution in [0, 0.1) is 0 Å². The Labute approximate surface area is 218 Å². The average Bonchev–Trinajstić information content (AvgIpc) is 3.22. The summed E-state index contributed by atoms with van der Waals surface area (Å²) in [5, 5.41) is 15.1. The lowest BCUT2D eigenvalue weighted by Crippen LogP contribution is -2.36. The molecular formula is C24H25Cl2N3O4S2. The smallest absolute Gasteiger partial charge is 0.227 e. The van der Waals surface area contributed by atoms with Crippen molar-refractivity contribution in [3.8, 4) is 0 Å². The number of nitrogens with one attached hydrogen (secondary N) is 1. The van der Waals surface area contributed by atoms with E-state index in [2.05, 4.69) is 10.3 Å². The van der Waals surface area contributed by atoms with E-state index in [4.69, 9.17) is 23.2 Å². The van der Waals surface area contributed by atoms with Gasteiger partial charge in [-0.15, -0.1) is 0 Å². The number of carbonyl (C=O) groups excluding carboxylic acids is 1. The fraction of sp³-hybridized carbons (Fsp3) is 0.333. The van der Waals surface area contributed by atoms with Crippen LogP contribution >= 0.6 is 34.5 Å². The summed E-state index contributed by atoms with van der Waals surface area (Å²) in [6.07, 6.45) is 0.244. The molecule has 1 aromatic heterocycles. The van der Waals surface area contributed by atoms with Gasteiger partial charge < -0.3 is 15.3 Å². The SMILES string of the molecule is CCS(=O)(=O)c1ccc(CC(O)Nc2nc3c(s2)CN(C(=O)Cc2ccc(Cl)cc2Cl)CC3)cc1. The van der Waals surface area contributed by atoms with Crippen molar-refractivity contribution in [1.29, 1.82) is 0 Å². The summed E-state index contributed by atoms with van der Waals surface area (Å²) in [6, 6.07) is 11.7. The maximum absolute atomic E-state index is 12.8. The zero-order chi connectivity index (χ0) is 25.2. The minimum absolute atomic E-state index is 0.0173. The number of carbonyl (C=O) groups is 1. The maximum Gasteiger partial charge on any atom is 0.227 e. The molecule has 0 saturated heterocycles. The van der Waals surface area contributed by atoms with Gasteiger partial charge in [-0.3, -0.25) is 4.79 Å². The van der Waals surface area contributed by atoms with Gasteiger partial charge in [0.15, 0.2) is 15.0 Å². The summed E-state index contributed by atoms with van der Waals surface area (Å²) in [5.41, 5.74) is 2.47. The molecule has 1 amide bonds. The number of fused-ring (bicyclic) bond motifs is 1. The molecular weight excluding hydrogens is 529 g/mol. The molecule has 0 saturated carbocycles. The zero-order valence-electron chi connectivity index (χ0n) is 19.0. The predicted octanol–water partition coefficient (Wildman–Crippen LogP) is 4.34. The Bertz CT molecular complexity index is 1330. The first kappa shape index (κ1) is 25.9. The van der Waals surface area contributed by atoms with Crippen molar-refractivity contribution in [1.82, 2.24) is 9.88 Å². The van der Waals surface area contributed by atoms with Crippen LogP contribution in [0.3, 0.4) is 0 Å². The third-order valence-corrected chi connectivity index (χ3v) is 9.17. The summed E-state index contributed by atoms with van der Waals surface area (Å²) >= 11 is 13.6. The van der Waals surface area contributed by atoms with Crippen LogP contribution in [-0.4, -0.2) is 47.8 Å². The van der Waals surface area contributed by atoms with Gasteiger partial charge in [0.05, 0.1) is 29.3 Å². The molecule has 0 fully saturated rings. The van der Waals surface area contributed by atoms with Crippen molar-refractivity contribution >= 4 is 55.4 Å². The number of sulfone groups is 1. The van der Waals surface area contributed by atoms with E-state index in [9.17, 15) is 18.3 Å². The van der Waals surface area contributed by atoms with E-state index in [1.54, 1.807) is 54.3 Å². The number of halogens is 2. The monoisotopic (exact) mass is 553 g/mol. The minimum Gasteiger partial charge on any atom is -0.373 e. The summed E-state index contributed by atoms with van der Waals surface area (Å²) in [5.74, 6) is 0.0275. The second kappa shape index (κ2) is 10.8. The molecule has 1 aliphatic rings. The van der Waals surface area contributed by atoms with E-state index in [1.807, 2.05) is 0 Å². The molecule has 1 aliphatic heterocycles. The summed E-state index contributed by atoms with van der Waals surface area (Å²) in [7, 11) is -3.25. The lowest BCUT2D eigenvalue weighted by atomic mass is 10.1. The predicted molar refractivity (Wildman–Crippen MR) is 139 cm³/mol. The molecule has 2 heterocycles. The highest BCUT2D eigenvalue weighted by molar-refractivity contribution is 7.91. The van der Waals surface area contributed by atoms with E-state index in [0.29, 0.717) is 41.1 Å². The Morgan fingerprint density at radius 2 is 1.97 bits per heavy atom. The zero-order valence-corrected chi connectivity index (χ0v) is 22.1. The first-order valence-corrected chi connectivity index (χ1v) is 14.3. The van der Waals surface area contributed by atoms with Crippen molar-refractivity contribution < 1.29 is 18.3 Å². The maximum atomic E-state index is 12.8. The highest BCUT2D eigenvalue weighted by Crippen LogP contribution is 2.30. The van der Waals surface area contributed by atoms with E-state index >= 15 is 0 Å². The van der Waals surface area contributed by atoms with E-state index in [1.165, 1.54) is 11.3 Å². The second-order valence-electron chi connectivity index (χ2n) is 8.28. The van der Waals surface area contributed by atoms with Crippen LogP contribution in [0.15, 0.2) is 47.4 Å². The standard InChI is InChI=1S/C24H25Cl2N3O4S2/c1-2-35(32,33)18-7-3-15(4-8-18)11-22(30)28-24-27-20-9-10-29(14-21(20)34-24)23(31)12-16-5-6-17(25)13-19(16)26/h3-8,13,22,30H,2,9-12,14H2,1H3,(H,27,28). The van der Waals surface area contributed by atoms with Crippen LogP contribution in [-0.2, 0) is 40.4 Å². The number of thiazole rings is 1. The van der Waals surface area contributed by atoms with Crippen molar-refractivity contribution in [2.75, 3.05) is 17.6 Å². The molecule has 0 radical (unpaired) electrons. The van der Waals surface area contributed by atoms with Gasteiger partial charge in [0.25, 0.3) is 0 Å². The van der Waals surface area contributed by atoms with E-state index < -0.39 is 16.1 Å². The fourth-order valence-corrected chi connectivity index (χ4v) is 6.26. The van der Waals surface area contributed by atoms with Crippen LogP contribution in [0.2, 0.25) is 10.0 Å². The van der Waals surface area contributed by atoms with Gasteiger partial charge in [0, 0.05) is 34.3 Å². The number of amides is 1. The molecule has 186 valence electrons. The lowest BCUT2D eigenvalue weighted by Gasteiger charge is -2.26. The Balaban J connectivity index is 1.35. The molecule has 0 spiro atoms. The molecule has 2 aromatic carbocycles. The molecule has 1 unspecified atom stereocenters. The third-order valence-electron chi connectivity index (χ3n) is 5.82. The van der Waals surface area contributed by atoms with Crippen LogP contribution in [0.1, 0.15) is 28.6 Å². The summed E-state index contributed by atoms with van der Waals surface area (Å²) in [6.45, 7) is 2.63. The normalized spacial score (nSPS) is 14.5. The molecule has 11 heteroatoms. The molecule has 0 aliphatic carbocycles. The van der Waals surface area contributed by atoms with Crippen molar-refractivity contribution in [2.45, 2.75) is 43.9 Å². The van der Waals surface area contributed by atoms with Gasteiger partial charge in [0.2, 0.25) is 5.91 Å². The van der Waals surface area contributed by atoms with Crippen LogP contribution in [0.25, 0.3) is 0 Å². The highest BCUT2D eigenvalue weighted by Gasteiger charge is 2.25. The average molecular weight is 555 g/mol. The Morgan fingerprint density at radius 1 is 1.23 bits per heavy atom. The lowest BCUT2D eigenvalue weighted by molar-refractivity contribution is -0.131. The van der Waals surface area contributed by atoms with E-state index in [-0.39, 0.29) is 23.0 Å². The van der Waals surface area contributed by atoms with Crippen LogP contribution in [0.5, 0.6) is 0 Å². The number of aromatic nitrogens is 1. The minimum atomic E-state index is -3.25. The van der Waals surface area contributed by atoms with Gasteiger partial charge in [-0.05, 0) is 35.4 Å². The Kier molecular flexibility index (Phi) is 8.02. The Hall–Kier alpha value is -2.17. The molecule has 2 N–H and O–H groups in total. The summed E-state index contributed by atoms with van der Waals surface area (Å²) < 4.78 is 23.9. The van der Waals surface area contributed by atoms with Gasteiger partial charge in [-0.1, -0.05) is 59.7 Å². The van der Waals surface area contributed by atoms with Crippen molar-refractivity contribution in [3.63, 3.8) is 0 Å².